The van der Waals surface area contributed by atoms with E-state index in [-0.39, 0.29) is 18.4 Å². The van der Waals surface area contributed by atoms with Gasteiger partial charge in [0, 0.05) is 31.0 Å². The number of benzene rings is 2. The second kappa shape index (κ2) is 9.53. The Morgan fingerprint density at radius 3 is 2.79 bits per heavy atom. The highest BCUT2D eigenvalue weighted by atomic mass is 79.9. The number of para-hydroxylation sites is 1. The Hall–Kier alpha value is -4.32. The average molecular weight is 575 g/mol. The molecule has 0 radical (unpaired) electrons. The third kappa shape index (κ3) is 3.97. The van der Waals surface area contributed by atoms with Crippen LogP contribution in [0.4, 0.5) is 5.82 Å². The second-order valence-electron chi connectivity index (χ2n) is 9.02. The molecular formula is C26H23BrN8O3. The number of amides is 2. The molecule has 192 valence electrons. The fraction of sp³-hybridized carbons (Fsp3) is 0.231. The molecule has 0 unspecified atom stereocenters. The van der Waals surface area contributed by atoms with Crippen molar-refractivity contribution in [2.45, 2.75) is 26.3 Å². The van der Waals surface area contributed by atoms with Crippen LogP contribution in [0.25, 0.3) is 28.0 Å². The van der Waals surface area contributed by atoms with Crippen LogP contribution in [0.15, 0.2) is 57.7 Å². The molecule has 1 N–H and O–H groups in total. The van der Waals surface area contributed by atoms with Gasteiger partial charge in [0.2, 0.25) is 5.91 Å². The lowest BCUT2D eigenvalue weighted by Gasteiger charge is -2.12. The number of hydrogen-bond donors (Lipinski definition) is 1. The molecule has 0 spiro atoms. The Balaban J connectivity index is 1.43. The predicted octanol–water partition coefficient (Wildman–Crippen LogP) is 3.74. The number of aryl methyl sites for hydroxylation is 1. The molecule has 0 aliphatic carbocycles. The first-order valence-corrected chi connectivity index (χ1v) is 12.9. The fourth-order valence-electron chi connectivity index (χ4n) is 4.71. The van der Waals surface area contributed by atoms with Crippen LogP contribution in [0.1, 0.15) is 35.2 Å². The molecule has 38 heavy (non-hydrogen) atoms. The number of likely N-dealkylation sites (N-methyl/N-ethyl adjacent to an activating group) is 1. The average Bonchev–Trinajstić information content (AvgIpc) is 3.64. The normalized spacial score (nSPS) is 13.6. The Morgan fingerprint density at radius 1 is 1.16 bits per heavy atom. The van der Waals surface area contributed by atoms with Crippen molar-refractivity contribution < 1.29 is 14.0 Å². The minimum atomic E-state index is -0.306. The summed E-state index contributed by atoms with van der Waals surface area (Å²) in [5.41, 5.74) is 3.68. The van der Waals surface area contributed by atoms with Crippen LogP contribution < -0.4 is 10.2 Å². The van der Waals surface area contributed by atoms with Crippen molar-refractivity contribution in [3.63, 3.8) is 0 Å². The van der Waals surface area contributed by atoms with Gasteiger partial charge < -0.3 is 14.3 Å². The molecule has 12 heteroatoms. The summed E-state index contributed by atoms with van der Waals surface area (Å²) in [6, 6.07) is 13.7. The maximum Gasteiger partial charge on any atom is 0.272 e. The highest BCUT2D eigenvalue weighted by Crippen LogP contribution is 2.40. The van der Waals surface area contributed by atoms with Gasteiger partial charge in [0.1, 0.15) is 17.7 Å². The zero-order chi connectivity index (χ0) is 26.4. The molecule has 1 aliphatic heterocycles. The number of rotatable bonds is 6. The molecule has 0 saturated heterocycles. The molecular weight excluding hydrogens is 552 g/mol. The van der Waals surface area contributed by atoms with Gasteiger partial charge in [-0.1, -0.05) is 25.1 Å². The van der Waals surface area contributed by atoms with Crippen LogP contribution in [0.5, 0.6) is 0 Å². The number of carbonyl (C=O) groups is 2. The zero-order valence-electron chi connectivity index (χ0n) is 20.7. The van der Waals surface area contributed by atoms with Crippen LogP contribution in [0.2, 0.25) is 0 Å². The lowest BCUT2D eigenvalue weighted by Crippen LogP contribution is -2.34. The van der Waals surface area contributed by atoms with E-state index in [1.54, 1.807) is 11.7 Å². The molecule has 0 bridgehead atoms. The van der Waals surface area contributed by atoms with Crippen molar-refractivity contribution in [3.8, 4) is 17.0 Å². The third-order valence-electron chi connectivity index (χ3n) is 6.59. The number of nitrogens with one attached hydrogen (secondary N) is 1. The van der Waals surface area contributed by atoms with Crippen molar-refractivity contribution in [1.29, 1.82) is 0 Å². The SMILES string of the molecule is CCCc1nc2c(n1Cc1ccc3oc(-c4ccccc4-n4cnnn4)c(Br)c3c1)C(=O)NCC(=O)N2C. The predicted molar refractivity (Wildman–Crippen MR) is 143 cm³/mol. The first-order chi connectivity index (χ1) is 18.5. The van der Waals surface area contributed by atoms with Crippen LogP contribution in [-0.4, -0.2) is 55.2 Å². The fourth-order valence-corrected chi connectivity index (χ4v) is 5.31. The summed E-state index contributed by atoms with van der Waals surface area (Å²) in [6.07, 6.45) is 3.07. The Bertz CT molecular complexity index is 1690. The number of imidazole rings is 1. The largest absolute Gasteiger partial charge is 0.455 e. The summed E-state index contributed by atoms with van der Waals surface area (Å²) in [7, 11) is 1.65. The number of halogens is 1. The van der Waals surface area contributed by atoms with Gasteiger partial charge >= 0.3 is 0 Å². The van der Waals surface area contributed by atoms with E-state index in [1.807, 2.05) is 47.0 Å². The third-order valence-corrected chi connectivity index (χ3v) is 7.37. The summed E-state index contributed by atoms with van der Waals surface area (Å²) < 4.78 is 10.6. The minimum Gasteiger partial charge on any atom is -0.455 e. The van der Waals surface area contributed by atoms with Crippen molar-refractivity contribution in [2.24, 2.45) is 0 Å². The van der Waals surface area contributed by atoms with Gasteiger partial charge in [-0.3, -0.25) is 14.5 Å². The lowest BCUT2D eigenvalue weighted by atomic mass is 10.1. The van der Waals surface area contributed by atoms with Gasteiger partial charge in [-0.15, -0.1) is 5.10 Å². The van der Waals surface area contributed by atoms with Gasteiger partial charge in [0.25, 0.3) is 5.91 Å². The van der Waals surface area contributed by atoms with Crippen LogP contribution in [0.3, 0.4) is 0 Å². The van der Waals surface area contributed by atoms with Gasteiger partial charge in [-0.2, -0.15) is 4.68 Å². The first-order valence-electron chi connectivity index (χ1n) is 12.1. The van der Waals surface area contributed by atoms with Crippen molar-refractivity contribution >= 4 is 44.5 Å². The highest BCUT2D eigenvalue weighted by Gasteiger charge is 2.31. The van der Waals surface area contributed by atoms with Gasteiger partial charge in [0.15, 0.2) is 17.3 Å². The summed E-state index contributed by atoms with van der Waals surface area (Å²) in [4.78, 5) is 31.5. The smallest absolute Gasteiger partial charge is 0.272 e. The quantitative estimate of drug-likeness (QED) is 0.327. The first kappa shape index (κ1) is 24.0. The van der Waals surface area contributed by atoms with Crippen LogP contribution >= 0.6 is 15.9 Å². The molecule has 6 rings (SSSR count). The molecule has 0 saturated carbocycles. The van der Waals surface area contributed by atoms with Crippen molar-refractivity contribution in [3.05, 3.63) is 70.3 Å². The monoisotopic (exact) mass is 574 g/mol. The molecule has 2 amide bonds. The highest BCUT2D eigenvalue weighted by molar-refractivity contribution is 9.10. The van der Waals surface area contributed by atoms with E-state index in [1.165, 1.54) is 11.2 Å². The number of aromatic nitrogens is 6. The Labute approximate surface area is 225 Å². The number of fused-ring (bicyclic) bond motifs is 2. The molecule has 11 nitrogen and oxygen atoms in total. The van der Waals surface area contributed by atoms with Crippen LogP contribution in [0, 0.1) is 0 Å². The van der Waals surface area contributed by atoms with E-state index < -0.39 is 0 Å². The van der Waals surface area contributed by atoms with Gasteiger partial charge in [-0.05, 0) is 62.6 Å². The van der Waals surface area contributed by atoms with Gasteiger partial charge in [-0.25, -0.2) is 4.98 Å². The molecule has 1 aliphatic rings. The number of hydrogen-bond acceptors (Lipinski definition) is 7. The van der Waals surface area contributed by atoms with Crippen molar-refractivity contribution in [1.82, 2.24) is 35.1 Å². The number of tetrazole rings is 1. The Kier molecular flexibility index (Phi) is 6.03. The van der Waals surface area contributed by atoms with E-state index in [4.69, 9.17) is 9.40 Å². The summed E-state index contributed by atoms with van der Waals surface area (Å²) in [5.74, 6) is 1.30. The zero-order valence-corrected chi connectivity index (χ0v) is 22.3. The molecule has 5 aromatic rings. The Morgan fingerprint density at radius 2 is 2.00 bits per heavy atom. The minimum absolute atomic E-state index is 0.0579. The van der Waals surface area contributed by atoms with Gasteiger partial charge in [0.05, 0.1) is 16.7 Å². The van der Waals surface area contributed by atoms with E-state index in [0.29, 0.717) is 35.8 Å². The number of carbonyl (C=O) groups excluding carboxylic acids is 2. The molecule has 0 fully saturated rings. The van der Waals surface area contributed by atoms with E-state index in [9.17, 15) is 9.59 Å². The summed E-state index contributed by atoms with van der Waals surface area (Å²) >= 11 is 3.75. The maximum absolute atomic E-state index is 13.0. The second-order valence-corrected chi connectivity index (χ2v) is 9.81. The summed E-state index contributed by atoms with van der Waals surface area (Å²) in [6.45, 7) is 2.41. The topological polar surface area (TPSA) is 124 Å². The van der Waals surface area contributed by atoms with E-state index in [2.05, 4.69) is 43.7 Å². The summed E-state index contributed by atoms with van der Waals surface area (Å²) in [5, 5.41) is 15.1. The number of nitrogens with zero attached hydrogens (tertiary/aromatic N) is 7. The number of furan rings is 1. The lowest BCUT2D eigenvalue weighted by molar-refractivity contribution is -0.117. The molecule has 3 aromatic heterocycles. The van der Waals surface area contributed by atoms with Crippen LogP contribution in [-0.2, 0) is 17.8 Å². The molecule has 2 aromatic carbocycles. The standard InChI is InChI=1S/C26H23BrN8O3/c1-3-6-20-30-25-23(26(37)28-12-21(36)33(25)2)34(20)13-15-9-10-19-17(11-15)22(27)24(38-19)16-7-4-5-8-18(16)35-14-29-31-32-35/h4-5,7-11,14H,3,6,12-13H2,1-2H3,(H,28,37). The molecule has 4 heterocycles. The maximum atomic E-state index is 13.0. The van der Waals surface area contributed by atoms with E-state index in [0.717, 1.165) is 38.9 Å². The van der Waals surface area contributed by atoms with Crippen molar-refractivity contribution in [2.75, 3.05) is 18.5 Å². The van der Waals surface area contributed by atoms with E-state index >= 15 is 0 Å². The number of anilines is 1. The molecule has 0 atom stereocenters.